The number of esters is 3. The molecule has 0 radical (unpaired) electrons. The van der Waals surface area contributed by atoms with Crippen LogP contribution in [0.15, 0.2) is 78.9 Å². The topological polar surface area (TPSA) is 108 Å². The van der Waals surface area contributed by atoms with Gasteiger partial charge in [-0.1, -0.05) is 92.6 Å². The van der Waals surface area contributed by atoms with Crippen LogP contribution in [0, 0.1) is 17.8 Å². The Morgan fingerprint density at radius 3 is 2.14 bits per heavy atom. The van der Waals surface area contributed by atoms with Crippen molar-refractivity contribution in [1.29, 1.82) is 0 Å². The maximum absolute atomic E-state index is 12.8. The monoisotopic (exact) mass is 670 g/mol. The van der Waals surface area contributed by atoms with Gasteiger partial charge in [-0.2, -0.15) is 0 Å². The van der Waals surface area contributed by atoms with Crippen LogP contribution in [-0.4, -0.2) is 41.8 Å². The van der Waals surface area contributed by atoms with Gasteiger partial charge in [-0.25, -0.2) is 4.79 Å². The van der Waals surface area contributed by atoms with Gasteiger partial charge in [0.05, 0.1) is 18.9 Å². The molecular formula is C41H50O8. The van der Waals surface area contributed by atoms with Crippen LogP contribution in [-0.2, 0) is 54.6 Å². The number of hydrogen-bond acceptors (Lipinski definition) is 8. The van der Waals surface area contributed by atoms with Gasteiger partial charge in [0, 0.05) is 0 Å². The first kappa shape index (κ1) is 36.1. The summed E-state index contributed by atoms with van der Waals surface area (Å²) in [6.45, 7) is 2.38. The van der Waals surface area contributed by atoms with Crippen molar-refractivity contribution in [1.82, 2.24) is 0 Å². The van der Waals surface area contributed by atoms with E-state index >= 15 is 0 Å². The standard InChI is InChI=1S/C41H50O8/c1-2-3-6-17-33(49-40(44)22-21-39(43)47-26-29-12-7-4-8-13-29)19-20-34-35-23-31-16-11-18-38(36(31)24-32(35)25-37(34)42)46-28-41(45)48-27-30-14-9-5-10-15-30/h4-5,7-16,18,32-35,37,42H,2-3,6,17,19-28H2,1H3/t32-,33-,34+,35-,37+/m0/s1. The molecule has 0 bridgehead atoms. The van der Waals surface area contributed by atoms with E-state index in [0.717, 1.165) is 61.6 Å². The van der Waals surface area contributed by atoms with E-state index in [1.54, 1.807) is 0 Å². The largest absolute Gasteiger partial charge is 0.482 e. The van der Waals surface area contributed by atoms with Gasteiger partial charge in [0.1, 0.15) is 25.1 Å². The fourth-order valence-electron chi connectivity index (χ4n) is 7.38. The van der Waals surface area contributed by atoms with Crippen molar-refractivity contribution in [2.24, 2.45) is 17.8 Å². The summed E-state index contributed by atoms with van der Waals surface area (Å²) in [6, 6.07) is 25.0. The third-order valence-corrected chi connectivity index (χ3v) is 9.96. The number of fused-ring (bicyclic) bond motifs is 2. The van der Waals surface area contributed by atoms with Crippen molar-refractivity contribution in [3.05, 3.63) is 101 Å². The molecule has 1 N–H and O–H groups in total. The third kappa shape index (κ3) is 10.9. The SMILES string of the molecule is CCCCC[C@@H](CC[C@@H]1[C@H]2Cc3cccc(OCC(=O)OCc4ccccc4)c3C[C@H]2C[C@H]1O)OC(=O)CCC(=O)OCc1ccccc1. The lowest BCUT2D eigenvalue weighted by atomic mass is 9.73. The molecule has 8 nitrogen and oxygen atoms in total. The zero-order chi connectivity index (χ0) is 34.4. The van der Waals surface area contributed by atoms with Gasteiger partial charge < -0.3 is 24.1 Å². The number of hydrogen-bond donors (Lipinski definition) is 1. The second-order valence-electron chi connectivity index (χ2n) is 13.5. The fraction of sp³-hybridized carbons (Fsp3) is 0.488. The Morgan fingerprint density at radius 1 is 0.776 bits per heavy atom. The number of carbonyl (C=O) groups is 3. The number of carbonyl (C=O) groups excluding carboxylic acids is 3. The summed E-state index contributed by atoms with van der Waals surface area (Å²) in [5, 5.41) is 11.2. The lowest BCUT2D eigenvalue weighted by Crippen LogP contribution is -2.29. The second-order valence-corrected chi connectivity index (χ2v) is 13.5. The molecule has 8 heteroatoms. The van der Waals surface area contributed by atoms with Crippen molar-refractivity contribution in [3.63, 3.8) is 0 Å². The van der Waals surface area contributed by atoms with Crippen LogP contribution in [0.25, 0.3) is 0 Å². The lowest BCUT2D eigenvalue weighted by molar-refractivity contribution is -0.154. The summed E-state index contributed by atoms with van der Waals surface area (Å²) in [6.07, 6.45) is 6.95. The summed E-state index contributed by atoms with van der Waals surface area (Å²) in [5.41, 5.74) is 4.13. The molecule has 0 unspecified atom stereocenters. The third-order valence-electron chi connectivity index (χ3n) is 9.96. The van der Waals surface area contributed by atoms with E-state index < -0.39 is 18.0 Å². The Hall–Kier alpha value is -4.17. The number of aliphatic hydroxyl groups excluding tert-OH is 1. The summed E-state index contributed by atoms with van der Waals surface area (Å²) < 4.78 is 22.6. The van der Waals surface area contributed by atoms with Gasteiger partial charge in [-0.15, -0.1) is 0 Å². The average Bonchev–Trinajstić information content (AvgIpc) is 3.43. The predicted molar refractivity (Wildman–Crippen MR) is 185 cm³/mol. The van der Waals surface area contributed by atoms with E-state index in [9.17, 15) is 19.5 Å². The first-order valence-corrected chi connectivity index (χ1v) is 17.9. The number of aliphatic hydroxyl groups is 1. The van der Waals surface area contributed by atoms with Gasteiger partial charge in [0.15, 0.2) is 6.61 Å². The van der Waals surface area contributed by atoms with Crippen LogP contribution < -0.4 is 4.74 Å². The molecule has 5 rings (SSSR count). The second kappa shape index (κ2) is 18.6. The lowest BCUT2D eigenvalue weighted by Gasteiger charge is -2.32. The molecule has 5 atom stereocenters. The highest BCUT2D eigenvalue weighted by Gasteiger charge is 2.45. The van der Waals surface area contributed by atoms with Crippen LogP contribution in [0.5, 0.6) is 5.75 Å². The maximum atomic E-state index is 12.8. The highest BCUT2D eigenvalue weighted by molar-refractivity contribution is 5.77. The van der Waals surface area contributed by atoms with E-state index in [1.165, 1.54) is 5.56 Å². The Balaban J connectivity index is 1.11. The predicted octanol–water partition coefficient (Wildman–Crippen LogP) is 7.32. The molecule has 3 aromatic rings. The molecule has 0 aromatic heterocycles. The Morgan fingerprint density at radius 2 is 1.45 bits per heavy atom. The number of unbranched alkanes of at least 4 members (excludes halogenated alkanes) is 2. The van der Waals surface area contributed by atoms with E-state index in [1.807, 2.05) is 72.8 Å². The summed E-state index contributed by atoms with van der Waals surface area (Å²) >= 11 is 0. The van der Waals surface area contributed by atoms with E-state index in [0.29, 0.717) is 30.4 Å². The van der Waals surface area contributed by atoms with Crippen molar-refractivity contribution in [3.8, 4) is 5.75 Å². The van der Waals surface area contributed by atoms with Crippen LogP contribution >= 0.6 is 0 Å². The molecule has 2 aliphatic carbocycles. The first-order valence-electron chi connectivity index (χ1n) is 17.9. The van der Waals surface area contributed by atoms with Gasteiger partial charge in [-0.3, -0.25) is 9.59 Å². The van der Waals surface area contributed by atoms with Crippen LogP contribution in [0.3, 0.4) is 0 Å². The van der Waals surface area contributed by atoms with E-state index in [2.05, 4.69) is 13.0 Å². The average molecular weight is 671 g/mol. The minimum atomic E-state index is -0.423. The molecule has 1 saturated carbocycles. The molecule has 0 heterocycles. The molecule has 3 aromatic carbocycles. The van der Waals surface area contributed by atoms with Crippen LogP contribution in [0.2, 0.25) is 0 Å². The van der Waals surface area contributed by atoms with Gasteiger partial charge in [-0.05, 0) is 91.0 Å². The zero-order valence-corrected chi connectivity index (χ0v) is 28.6. The van der Waals surface area contributed by atoms with E-state index in [4.69, 9.17) is 18.9 Å². The first-order chi connectivity index (χ1) is 23.9. The smallest absolute Gasteiger partial charge is 0.344 e. The van der Waals surface area contributed by atoms with Crippen LogP contribution in [0.4, 0.5) is 0 Å². The van der Waals surface area contributed by atoms with Crippen LogP contribution in [0.1, 0.15) is 87.0 Å². The van der Waals surface area contributed by atoms with Crippen molar-refractivity contribution in [2.75, 3.05) is 6.61 Å². The molecule has 262 valence electrons. The fourth-order valence-corrected chi connectivity index (χ4v) is 7.38. The molecule has 49 heavy (non-hydrogen) atoms. The highest BCUT2D eigenvalue weighted by Crippen LogP contribution is 2.48. The van der Waals surface area contributed by atoms with Gasteiger partial charge >= 0.3 is 17.9 Å². The number of ether oxygens (including phenoxy) is 4. The quantitative estimate of drug-likeness (QED) is 0.0853. The van der Waals surface area contributed by atoms with Crippen molar-refractivity contribution >= 4 is 17.9 Å². The molecule has 2 aliphatic rings. The molecule has 0 saturated heterocycles. The maximum Gasteiger partial charge on any atom is 0.344 e. The Labute approximate surface area is 290 Å². The summed E-state index contributed by atoms with van der Waals surface area (Å²) in [7, 11) is 0. The minimum Gasteiger partial charge on any atom is -0.482 e. The molecule has 1 fully saturated rings. The molecule has 0 aliphatic heterocycles. The number of rotatable bonds is 18. The summed E-state index contributed by atoms with van der Waals surface area (Å²) in [5.74, 6) is 0.228. The molecule has 0 spiro atoms. The minimum absolute atomic E-state index is 0.0133. The Kier molecular flexibility index (Phi) is 13.7. The Bertz CT molecular complexity index is 1490. The van der Waals surface area contributed by atoms with Gasteiger partial charge in [0.25, 0.3) is 0 Å². The molecular weight excluding hydrogens is 620 g/mol. The van der Waals surface area contributed by atoms with Gasteiger partial charge in [0.2, 0.25) is 0 Å². The zero-order valence-electron chi connectivity index (χ0n) is 28.6. The van der Waals surface area contributed by atoms with Crippen molar-refractivity contribution in [2.45, 2.75) is 103 Å². The van der Waals surface area contributed by atoms with E-state index in [-0.39, 0.29) is 50.7 Å². The van der Waals surface area contributed by atoms with Crippen molar-refractivity contribution < 1.29 is 38.4 Å². The highest BCUT2D eigenvalue weighted by atomic mass is 16.6. The molecule has 0 amide bonds. The normalized spacial score (nSPS) is 20.0. The summed E-state index contributed by atoms with van der Waals surface area (Å²) in [4.78, 5) is 37.5. The number of benzene rings is 3.